The normalized spacial score (nSPS) is 11.2. The van der Waals surface area contributed by atoms with Crippen LogP contribution in [0.5, 0.6) is 0 Å². The van der Waals surface area contributed by atoms with Crippen LogP contribution in [0.4, 0.5) is 17.1 Å². The summed E-state index contributed by atoms with van der Waals surface area (Å²) in [5, 5.41) is 3.61. The summed E-state index contributed by atoms with van der Waals surface area (Å²) in [4.78, 5) is 2.35. The average molecular weight is 792 g/mol. The summed E-state index contributed by atoms with van der Waals surface area (Å²) in [6.07, 6.45) is 0. The molecule has 0 atom stereocenters. The number of anilines is 3. The molecule has 0 N–H and O–H groups in total. The Morgan fingerprint density at radius 3 is 1.31 bits per heavy atom. The van der Waals surface area contributed by atoms with E-state index in [4.69, 9.17) is 4.42 Å². The van der Waals surface area contributed by atoms with Crippen molar-refractivity contribution in [3.05, 3.63) is 249 Å². The number of fused-ring (bicyclic) bond motifs is 2. The number of para-hydroxylation sites is 1. The predicted octanol–water partition coefficient (Wildman–Crippen LogP) is 17.1. The molecule has 1 aromatic heterocycles. The minimum absolute atomic E-state index is 0.879. The molecule has 0 saturated carbocycles. The largest absolute Gasteiger partial charge is 0.455 e. The number of rotatable bonds is 9. The first-order valence-electron chi connectivity index (χ1n) is 21.2. The topological polar surface area (TPSA) is 16.4 Å². The second-order valence-corrected chi connectivity index (χ2v) is 15.7. The second-order valence-electron chi connectivity index (χ2n) is 15.7. The molecule has 11 rings (SSSR count). The molecule has 0 spiro atoms. The van der Waals surface area contributed by atoms with E-state index in [-0.39, 0.29) is 0 Å². The van der Waals surface area contributed by atoms with Gasteiger partial charge >= 0.3 is 0 Å². The maximum Gasteiger partial charge on any atom is 0.143 e. The molecular weight excluding hydrogens is 751 g/mol. The van der Waals surface area contributed by atoms with Crippen LogP contribution < -0.4 is 4.90 Å². The average Bonchev–Trinajstić information content (AvgIpc) is 3.75. The third-order valence-corrected chi connectivity index (χ3v) is 11.9. The summed E-state index contributed by atoms with van der Waals surface area (Å²) in [7, 11) is 0. The van der Waals surface area contributed by atoms with E-state index >= 15 is 0 Å². The lowest BCUT2D eigenvalue weighted by atomic mass is 9.96. The molecule has 0 aliphatic rings. The van der Waals surface area contributed by atoms with Crippen LogP contribution in [-0.2, 0) is 0 Å². The van der Waals surface area contributed by atoms with Crippen molar-refractivity contribution in [2.75, 3.05) is 4.90 Å². The van der Waals surface area contributed by atoms with Crippen LogP contribution in [0.15, 0.2) is 253 Å². The van der Waals surface area contributed by atoms with E-state index in [0.717, 1.165) is 61.6 Å². The fourth-order valence-electron chi connectivity index (χ4n) is 8.81. The van der Waals surface area contributed by atoms with Gasteiger partial charge in [-0.2, -0.15) is 0 Å². The van der Waals surface area contributed by atoms with Gasteiger partial charge in [0.1, 0.15) is 11.3 Å². The van der Waals surface area contributed by atoms with E-state index in [0.29, 0.717) is 0 Å². The highest BCUT2D eigenvalue weighted by Crippen LogP contribution is 2.43. The third kappa shape index (κ3) is 7.04. The Balaban J connectivity index is 0.958. The van der Waals surface area contributed by atoms with Gasteiger partial charge in [-0.3, -0.25) is 0 Å². The number of furan rings is 1. The van der Waals surface area contributed by atoms with Crippen LogP contribution >= 0.6 is 0 Å². The monoisotopic (exact) mass is 791 g/mol. The molecule has 10 aromatic carbocycles. The van der Waals surface area contributed by atoms with Crippen LogP contribution in [0, 0.1) is 0 Å². The zero-order valence-corrected chi connectivity index (χ0v) is 34.0. The minimum Gasteiger partial charge on any atom is -0.455 e. The SMILES string of the molecule is c1ccc(-c2cccc(-c3ccc(N(c4ccc(-c5cccc(-c6oc7ccccc7c6-c6ccccc6)c5)cc4)c4ccc(-c5cccc6ccccc56)cc4)cc3)c2)cc1. The summed E-state index contributed by atoms with van der Waals surface area (Å²) in [6.45, 7) is 0. The number of hydrogen-bond acceptors (Lipinski definition) is 2. The molecule has 1 heterocycles. The number of hydrogen-bond donors (Lipinski definition) is 0. The van der Waals surface area contributed by atoms with Crippen molar-refractivity contribution < 1.29 is 4.42 Å². The molecule has 62 heavy (non-hydrogen) atoms. The van der Waals surface area contributed by atoms with Crippen LogP contribution in [0.25, 0.3) is 88.7 Å². The van der Waals surface area contributed by atoms with Crippen molar-refractivity contribution in [3.63, 3.8) is 0 Å². The minimum atomic E-state index is 0.879. The molecule has 0 bridgehead atoms. The number of nitrogens with zero attached hydrogens (tertiary/aromatic N) is 1. The van der Waals surface area contributed by atoms with E-state index in [9.17, 15) is 0 Å². The Hall–Kier alpha value is -8.20. The van der Waals surface area contributed by atoms with Gasteiger partial charge in [-0.25, -0.2) is 0 Å². The lowest BCUT2D eigenvalue weighted by molar-refractivity contribution is 0.632. The van der Waals surface area contributed by atoms with E-state index in [1.54, 1.807) is 0 Å². The Labute approximate surface area is 362 Å². The second kappa shape index (κ2) is 16.1. The quantitative estimate of drug-likeness (QED) is 0.145. The van der Waals surface area contributed by atoms with Gasteiger partial charge in [-0.1, -0.05) is 194 Å². The molecule has 0 aliphatic carbocycles. The summed E-state index contributed by atoms with van der Waals surface area (Å²) >= 11 is 0. The van der Waals surface area contributed by atoms with Crippen LogP contribution in [0.1, 0.15) is 0 Å². The number of benzene rings is 10. The molecule has 2 nitrogen and oxygen atoms in total. The van der Waals surface area contributed by atoms with E-state index in [2.05, 4.69) is 241 Å². The zero-order chi connectivity index (χ0) is 41.2. The Kier molecular flexibility index (Phi) is 9.57. The molecule has 0 aliphatic heterocycles. The summed E-state index contributed by atoms with van der Waals surface area (Å²) in [6, 6.07) is 88.9. The molecule has 0 fully saturated rings. The first-order valence-corrected chi connectivity index (χ1v) is 21.2. The van der Waals surface area contributed by atoms with Crippen molar-refractivity contribution in [1.29, 1.82) is 0 Å². The molecular formula is C60H41NO. The van der Waals surface area contributed by atoms with Crippen molar-refractivity contribution in [2.45, 2.75) is 0 Å². The molecule has 292 valence electrons. The van der Waals surface area contributed by atoms with Gasteiger partial charge in [0.05, 0.1) is 0 Å². The van der Waals surface area contributed by atoms with E-state index in [1.807, 2.05) is 12.1 Å². The van der Waals surface area contributed by atoms with E-state index in [1.165, 1.54) is 44.2 Å². The standard InChI is InChI=1S/C60H41NO/c1-3-14-42(15-4-1)48-20-11-21-49(40-48)43-28-34-52(35-29-43)61(54-38-32-46(33-39-54)56-26-13-19-45-16-7-8-24-55(45)56)53-36-30-44(31-37-53)50-22-12-23-51(41-50)60-59(47-17-5-2-6-18-47)57-25-9-10-27-58(57)62-60/h1-41H. The lowest BCUT2D eigenvalue weighted by Crippen LogP contribution is -2.09. The first kappa shape index (κ1) is 36.8. The van der Waals surface area contributed by atoms with Crippen molar-refractivity contribution in [2.24, 2.45) is 0 Å². The van der Waals surface area contributed by atoms with Crippen LogP contribution in [-0.4, -0.2) is 0 Å². The molecule has 0 amide bonds. The lowest BCUT2D eigenvalue weighted by Gasteiger charge is -2.26. The fourth-order valence-corrected chi connectivity index (χ4v) is 8.81. The van der Waals surface area contributed by atoms with Gasteiger partial charge in [-0.15, -0.1) is 0 Å². The first-order chi connectivity index (χ1) is 30.7. The summed E-state index contributed by atoms with van der Waals surface area (Å²) in [5.41, 5.74) is 16.9. The van der Waals surface area contributed by atoms with Crippen molar-refractivity contribution in [3.8, 4) is 67.0 Å². The molecule has 0 unspecified atom stereocenters. The van der Waals surface area contributed by atoms with Gasteiger partial charge in [0.25, 0.3) is 0 Å². The predicted molar refractivity (Wildman–Crippen MR) is 261 cm³/mol. The maximum absolute atomic E-state index is 6.59. The Bertz CT molecular complexity index is 3310. The highest BCUT2D eigenvalue weighted by atomic mass is 16.3. The highest BCUT2D eigenvalue weighted by molar-refractivity contribution is 6.02. The fraction of sp³-hybridized carbons (Fsp3) is 0. The molecule has 0 saturated heterocycles. The molecule has 11 aromatic rings. The van der Waals surface area contributed by atoms with E-state index < -0.39 is 0 Å². The Morgan fingerprint density at radius 2 is 0.694 bits per heavy atom. The smallest absolute Gasteiger partial charge is 0.143 e. The van der Waals surface area contributed by atoms with Gasteiger partial charge < -0.3 is 9.32 Å². The summed E-state index contributed by atoms with van der Waals surface area (Å²) in [5.74, 6) is 0.879. The van der Waals surface area contributed by atoms with Crippen LogP contribution in [0.3, 0.4) is 0 Å². The zero-order valence-electron chi connectivity index (χ0n) is 34.0. The highest BCUT2D eigenvalue weighted by Gasteiger charge is 2.19. The van der Waals surface area contributed by atoms with Crippen molar-refractivity contribution >= 4 is 38.8 Å². The van der Waals surface area contributed by atoms with Gasteiger partial charge in [0.2, 0.25) is 0 Å². The van der Waals surface area contributed by atoms with Crippen LogP contribution in [0.2, 0.25) is 0 Å². The maximum atomic E-state index is 6.59. The van der Waals surface area contributed by atoms with Gasteiger partial charge in [0.15, 0.2) is 0 Å². The Morgan fingerprint density at radius 1 is 0.274 bits per heavy atom. The van der Waals surface area contributed by atoms with Crippen molar-refractivity contribution in [1.82, 2.24) is 0 Å². The van der Waals surface area contributed by atoms with Gasteiger partial charge in [-0.05, 0) is 115 Å². The molecule has 2 heteroatoms. The third-order valence-electron chi connectivity index (χ3n) is 11.9. The summed E-state index contributed by atoms with van der Waals surface area (Å²) < 4.78 is 6.59. The van der Waals surface area contributed by atoms with Gasteiger partial charge in [0, 0.05) is 33.6 Å². The molecule has 0 radical (unpaired) electrons.